The van der Waals surface area contributed by atoms with Gasteiger partial charge in [0.15, 0.2) is 0 Å². The number of nitrogen functional groups attached to an aromatic ring is 1. The van der Waals surface area contributed by atoms with E-state index in [1.807, 2.05) is 0 Å². The smallest absolute Gasteiger partial charge is 0.253 e. The van der Waals surface area contributed by atoms with Crippen LogP contribution in [-0.4, -0.2) is 37.1 Å². The first-order valence-electron chi connectivity index (χ1n) is 6.50. The van der Waals surface area contributed by atoms with Crippen molar-refractivity contribution in [3.8, 4) is 0 Å². The van der Waals surface area contributed by atoms with Crippen molar-refractivity contribution in [3.05, 3.63) is 28.8 Å². The molecular weight excluding hydrogens is 264 g/mol. The van der Waals surface area contributed by atoms with Gasteiger partial charge >= 0.3 is 0 Å². The van der Waals surface area contributed by atoms with Crippen LogP contribution in [0.25, 0.3) is 0 Å². The molecule has 1 atom stereocenters. The number of likely N-dealkylation sites (N-methyl/N-ethyl adjacent to an activating group) is 1. The van der Waals surface area contributed by atoms with E-state index in [1.165, 1.54) is 6.42 Å². The number of amides is 1. The molecule has 2 N–H and O–H groups in total. The van der Waals surface area contributed by atoms with Crippen molar-refractivity contribution in [1.82, 2.24) is 4.90 Å². The Morgan fingerprint density at radius 2 is 2.32 bits per heavy atom. The highest BCUT2D eigenvalue weighted by Gasteiger charge is 2.20. The number of carbonyl (C=O) groups excluding carboxylic acids is 1. The summed E-state index contributed by atoms with van der Waals surface area (Å²) in [5.74, 6) is -0.0592. The molecule has 0 radical (unpaired) electrons. The SMILES string of the molecule is CN(CC1CCCCO1)C(=O)c1ccc(N)c(Cl)c1. The first kappa shape index (κ1) is 14.2. The second-order valence-electron chi connectivity index (χ2n) is 4.91. The zero-order valence-corrected chi connectivity index (χ0v) is 11.8. The van der Waals surface area contributed by atoms with E-state index in [4.69, 9.17) is 22.1 Å². The van der Waals surface area contributed by atoms with E-state index in [0.29, 0.717) is 22.8 Å². The Morgan fingerprint density at radius 1 is 1.53 bits per heavy atom. The topological polar surface area (TPSA) is 55.6 Å². The minimum atomic E-state index is -0.0592. The molecular formula is C14H19ClN2O2. The Bertz CT molecular complexity index is 459. The van der Waals surface area contributed by atoms with Gasteiger partial charge in [0, 0.05) is 25.8 Å². The molecule has 1 aliphatic heterocycles. The van der Waals surface area contributed by atoms with Crippen molar-refractivity contribution < 1.29 is 9.53 Å². The molecule has 4 nitrogen and oxygen atoms in total. The molecule has 0 saturated carbocycles. The van der Waals surface area contributed by atoms with Gasteiger partial charge in [-0.2, -0.15) is 0 Å². The highest BCUT2D eigenvalue weighted by molar-refractivity contribution is 6.33. The van der Waals surface area contributed by atoms with Crippen LogP contribution in [0, 0.1) is 0 Å². The molecule has 5 heteroatoms. The minimum Gasteiger partial charge on any atom is -0.398 e. The average Bonchev–Trinajstić information content (AvgIpc) is 2.42. The van der Waals surface area contributed by atoms with Gasteiger partial charge in [-0.3, -0.25) is 4.79 Å². The van der Waals surface area contributed by atoms with E-state index >= 15 is 0 Å². The fourth-order valence-electron chi connectivity index (χ4n) is 2.22. The van der Waals surface area contributed by atoms with Gasteiger partial charge < -0.3 is 15.4 Å². The molecule has 0 spiro atoms. The molecule has 2 rings (SSSR count). The fourth-order valence-corrected chi connectivity index (χ4v) is 2.40. The maximum Gasteiger partial charge on any atom is 0.253 e. The lowest BCUT2D eigenvalue weighted by Crippen LogP contribution is -2.37. The van der Waals surface area contributed by atoms with Crippen LogP contribution in [0.1, 0.15) is 29.6 Å². The highest BCUT2D eigenvalue weighted by Crippen LogP contribution is 2.21. The molecule has 1 aromatic rings. The van der Waals surface area contributed by atoms with Crippen LogP contribution in [-0.2, 0) is 4.74 Å². The number of anilines is 1. The van der Waals surface area contributed by atoms with Crippen molar-refractivity contribution in [2.75, 3.05) is 25.9 Å². The second-order valence-corrected chi connectivity index (χ2v) is 5.32. The monoisotopic (exact) mass is 282 g/mol. The van der Waals surface area contributed by atoms with Crippen LogP contribution in [0.15, 0.2) is 18.2 Å². The van der Waals surface area contributed by atoms with Crippen LogP contribution in [0.2, 0.25) is 5.02 Å². The highest BCUT2D eigenvalue weighted by atomic mass is 35.5. The molecule has 104 valence electrons. The lowest BCUT2D eigenvalue weighted by atomic mass is 10.1. The molecule has 1 heterocycles. The van der Waals surface area contributed by atoms with Gasteiger partial charge in [-0.15, -0.1) is 0 Å². The zero-order valence-electron chi connectivity index (χ0n) is 11.1. The van der Waals surface area contributed by atoms with E-state index in [0.717, 1.165) is 19.4 Å². The molecule has 19 heavy (non-hydrogen) atoms. The van der Waals surface area contributed by atoms with E-state index < -0.39 is 0 Å². The molecule has 1 amide bonds. The summed E-state index contributed by atoms with van der Waals surface area (Å²) in [7, 11) is 1.78. The van der Waals surface area contributed by atoms with Gasteiger partial charge in [-0.05, 0) is 37.5 Å². The first-order chi connectivity index (χ1) is 9.08. The van der Waals surface area contributed by atoms with E-state index in [9.17, 15) is 4.79 Å². The second kappa shape index (κ2) is 6.26. The molecule has 1 unspecified atom stereocenters. The third-order valence-electron chi connectivity index (χ3n) is 3.35. The molecule has 1 aromatic carbocycles. The maximum absolute atomic E-state index is 12.3. The lowest BCUT2D eigenvalue weighted by molar-refractivity contribution is -0.000186. The number of hydrogen-bond donors (Lipinski definition) is 1. The molecule has 1 fully saturated rings. The van der Waals surface area contributed by atoms with Crippen LogP contribution in [0.4, 0.5) is 5.69 Å². The van der Waals surface area contributed by atoms with Gasteiger partial charge in [0.25, 0.3) is 5.91 Å². The summed E-state index contributed by atoms with van der Waals surface area (Å²) in [4.78, 5) is 13.9. The van der Waals surface area contributed by atoms with Crippen molar-refractivity contribution in [2.45, 2.75) is 25.4 Å². The standard InChI is InChI=1S/C14H19ClN2O2/c1-17(9-11-4-2-3-7-19-11)14(18)10-5-6-13(16)12(15)8-10/h5-6,8,11H,2-4,7,9,16H2,1H3. The fraction of sp³-hybridized carbons (Fsp3) is 0.500. The van der Waals surface area contributed by atoms with E-state index in [-0.39, 0.29) is 12.0 Å². The average molecular weight is 283 g/mol. The zero-order chi connectivity index (χ0) is 13.8. The Labute approximate surface area is 118 Å². The first-order valence-corrected chi connectivity index (χ1v) is 6.88. The number of carbonyl (C=O) groups is 1. The lowest BCUT2D eigenvalue weighted by Gasteiger charge is -2.27. The van der Waals surface area contributed by atoms with Crippen LogP contribution in [0.3, 0.4) is 0 Å². The van der Waals surface area contributed by atoms with Gasteiger partial charge in [0.05, 0.1) is 16.8 Å². The van der Waals surface area contributed by atoms with Gasteiger partial charge in [0.2, 0.25) is 0 Å². The minimum absolute atomic E-state index is 0.0592. The number of ether oxygens (including phenoxy) is 1. The molecule has 0 bridgehead atoms. The van der Waals surface area contributed by atoms with Gasteiger partial charge in [-0.1, -0.05) is 11.6 Å². The van der Waals surface area contributed by atoms with Crippen LogP contribution >= 0.6 is 11.6 Å². The van der Waals surface area contributed by atoms with Crippen LogP contribution in [0.5, 0.6) is 0 Å². The summed E-state index contributed by atoms with van der Waals surface area (Å²) < 4.78 is 5.64. The summed E-state index contributed by atoms with van der Waals surface area (Å²) in [6.07, 6.45) is 3.44. The number of hydrogen-bond acceptors (Lipinski definition) is 3. The summed E-state index contributed by atoms with van der Waals surface area (Å²) in [6.45, 7) is 1.40. The number of nitrogens with zero attached hydrogens (tertiary/aromatic N) is 1. The van der Waals surface area contributed by atoms with Crippen molar-refractivity contribution in [1.29, 1.82) is 0 Å². The normalized spacial score (nSPS) is 19.2. The number of halogens is 1. The Balaban J connectivity index is 1.99. The van der Waals surface area contributed by atoms with Gasteiger partial charge in [0.1, 0.15) is 0 Å². The molecule has 1 aliphatic rings. The quantitative estimate of drug-likeness (QED) is 0.867. The summed E-state index contributed by atoms with van der Waals surface area (Å²) in [5.41, 5.74) is 6.67. The van der Waals surface area contributed by atoms with Crippen LogP contribution < -0.4 is 5.73 Å². The molecule has 1 saturated heterocycles. The van der Waals surface area contributed by atoms with E-state index in [1.54, 1.807) is 30.1 Å². The Kier molecular flexibility index (Phi) is 4.66. The number of rotatable bonds is 3. The largest absolute Gasteiger partial charge is 0.398 e. The van der Waals surface area contributed by atoms with Crippen molar-refractivity contribution in [3.63, 3.8) is 0 Å². The summed E-state index contributed by atoms with van der Waals surface area (Å²) >= 11 is 5.93. The summed E-state index contributed by atoms with van der Waals surface area (Å²) in [5, 5.41) is 0.410. The predicted molar refractivity (Wildman–Crippen MR) is 76.4 cm³/mol. The third-order valence-corrected chi connectivity index (χ3v) is 3.67. The predicted octanol–water partition coefficient (Wildman–Crippen LogP) is 2.56. The van der Waals surface area contributed by atoms with E-state index in [2.05, 4.69) is 0 Å². The van der Waals surface area contributed by atoms with Crippen molar-refractivity contribution >= 4 is 23.2 Å². The molecule has 0 aliphatic carbocycles. The summed E-state index contributed by atoms with van der Waals surface area (Å²) in [6, 6.07) is 4.96. The maximum atomic E-state index is 12.3. The third kappa shape index (κ3) is 3.61. The molecule has 0 aromatic heterocycles. The Morgan fingerprint density at radius 3 is 2.95 bits per heavy atom. The number of nitrogens with two attached hydrogens (primary N) is 1. The van der Waals surface area contributed by atoms with Gasteiger partial charge in [-0.25, -0.2) is 0 Å². The number of benzene rings is 1. The van der Waals surface area contributed by atoms with Crippen molar-refractivity contribution in [2.24, 2.45) is 0 Å². The Hall–Kier alpha value is -1.26.